The fourth-order valence-corrected chi connectivity index (χ4v) is 3.07. The number of carbonyl (C=O) groups excluding carboxylic acids is 2. The molecule has 0 bridgehead atoms. The highest BCUT2D eigenvalue weighted by atomic mass is 32.2. The highest BCUT2D eigenvalue weighted by molar-refractivity contribution is 8.19. The number of anilines is 1. The molecular weight excluding hydrogens is 330 g/mol. The number of ether oxygens (including phenoxy) is 1. The van der Waals surface area contributed by atoms with Gasteiger partial charge >= 0.3 is 0 Å². The minimum Gasteiger partial charge on any atom is -0.508 e. The number of hydrogen-bond acceptors (Lipinski definition) is 6. The predicted molar refractivity (Wildman–Crippen MR) is 91.2 cm³/mol. The molecule has 0 unspecified atom stereocenters. The second-order valence-electron chi connectivity index (χ2n) is 4.96. The van der Waals surface area contributed by atoms with Gasteiger partial charge in [-0.3, -0.25) is 9.59 Å². The smallest absolute Gasteiger partial charge is 0.298 e. The minimum absolute atomic E-state index is 0.00755. The van der Waals surface area contributed by atoms with Gasteiger partial charge in [-0.25, -0.2) is 4.90 Å². The molecule has 7 heteroatoms. The first kappa shape index (κ1) is 15.9. The first-order chi connectivity index (χ1) is 11.5. The fraction of sp³-hybridized carbons (Fsp3) is 0.0588. The largest absolute Gasteiger partial charge is 0.508 e. The van der Waals surface area contributed by atoms with E-state index < -0.39 is 11.1 Å². The Morgan fingerprint density at radius 1 is 1.08 bits per heavy atom. The van der Waals surface area contributed by atoms with Gasteiger partial charge in [0.05, 0.1) is 17.7 Å². The van der Waals surface area contributed by atoms with Crippen molar-refractivity contribution in [2.24, 2.45) is 0 Å². The normalized spacial score (nSPS) is 16.0. The van der Waals surface area contributed by atoms with Gasteiger partial charge in [0.1, 0.15) is 5.75 Å². The number of aromatic hydroxyl groups is 2. The molecule has 2 amide bonds. The third kappa shape index (κ3) is 2.93. The van der Waals surface area contributed by atoms with Gasteiger partial charge in [0.15, 0.2) is 11.5 Å². The van der Waals surface area contributed by atoms with Crippen LogP contribution in [0, 0.1) is 0 Å². The Kier molecular flexibility index (Phi) is 4.18. The second kappa shape index (κ2) is 6.29. The second-order valence-corrected chi connectivity index (χ2v) is 5.96. The van der Waals surface area contributed by atoms with Crippen molar-refractivity contribution in [1.29, 1.82) is 0 Å². The number of phenolic OH excluding ortho intramolecular Hbond substituents is 2. The van der Waals surface area contributed by atoms with Gasteiger partial charge in [0, 0.05) is 0 Å². The summed E-state index contributed by atoms with van der Waals surface area (Å²) in [4.78, 5) is 26.0. The molecule has 2 aromatic rings. The summed E-state index contributed by atoms with van der Waals surface area (Å²) >= 11 is 0.826. The van der Waals surface area contributed by atoms with Crippen LogP contribution in [0.3, 0.4) is 0 Å². The summed E-state index contributed by atoms with van der Waals surface area (Å²) in [5.74, 6) is -0.117. The third-order valence-electron chi connectivity index (χ3n) is 3.40. The molecular formula is C17H13NO5S. The summed E-state index contributed by atoms with van der Waals surface area (Å²) in [5.41, 5.74) is 1.02. The van der Waals surface area contributed by atoms with E-state index in [0.29, 0.717) is 11.3 Å². The summed E-state index contributed by atoms with van der Waals surface area (Å²) in [7, 11) is 1.43. The Hall–Kier alpha value is -2.93. The van der Waals surface area contributed by atoms with Gasteiger partial charge in [0.25, 0.3) is 11.1 Å². The number of nitrogens with zero attached hydrogens (tertiary/aromatic N) is 1. The van der Waals surface area contributed by atoms with Crippen LogP contribution in [-0.2, 0) is 4.79 Å². The molecule has 2 N–H and O–H groups in total. The average Bonchev–Trinajstić information content (AvgIpc) is 2.84. The Morgan fingerprint density at radius 3 is 2.46 bits per heavy atom. The van der Waals surface area contributed by atoms with Gasteiger partial charge in [-0.2, -0.15) is 0 Å². The lowest BCUT2D eigenvalue weighted by Crippen LogP contribution is -2.27. The number of methoxy groups -OCH3 is 1. The number of carbonyl (C=O) groups is 2. The zero-order chi connectivity index (χ0) is 17.3. The lowest BCUT2D eigenvalue weighted by atomic mass is 10.2. The zero-order valence-electron chi connectivity index (χ0n) is 12.6. The number of imide groups is 1. The van der Waals surface area contributed by atoms with Gasteiger partial charge < -0.3 is 14.9 Å². The summed E-state index contributed by atoms with van der Waals surface area (Å²) in [6.45, 7) is 0. The van der Waals surface area contributed by atoms with Crippen molar-refractivity contribution in [1.82, 2.24) is 0 Å². The van der Waals surface area contributed by atoms with Crippen LogP contribution in [0.15, 0.2) is 47.4 Å². The first-order valence-corrected chi connectivity index (χ1v) is 7.75. The standard InChI is InChI=1S/C17H13NO5S/c1-23-14-8-10(2-7-13(14)20)9-15-16(21)18(17(22)24-15)11-3-5-12(19)6-4-11/h2-9,19-20H,1H3/b15-9+. The van der Waals surface area contributed by atoms with Crippen molar-refractivity contribution in [3.63, 3.8) is 0 Å². The maximum atomic E-state index is 12.5. The summed E-state index contributed by atoms with van der Waals surface area (Å²) in [6.07, 6.45) is 1.56. The third-order valence-corrected chi connectivity index (χ3v) is 4.27. The summed E-state index contributed by atoms with van der Waals surface area (Å²) < 4.78 is 5.03. The van der Waals surface area contributed by atoms with Crippen molar-refractivity contribution in [3.8, 4) is 17.2 Å². The van der Waals surface area contributed by atoms with E-state index in [4.69, 9.17) is 4.74 Å². The lowest BCUT2D eigenvalue weighted by Gasteiger charge is -2.12. The summed E-state index contributed by atoms with van der Waals surface area (Å²) in [5, 5.41) is 18.5. The maximum Gasteiger partial charge on any atom is 0.298 e. The number of hydrogen-bond donors (Lipinski definition) is 2. The fourth-order valence-electron chi connectivity index (χ4n) is 2.23. The van der Waals surface area contributed by atoms with Gasteiger partial charge in [-0.15, -0.1) is 0 Å². The van der Waals surface area contributed by atoms with Gasteiger partial charge in [-0.05, 0) is 59.8 Å². The van der Waals surface area contributed by atoms with Crippen LogP contribution in [0.25, 0.3) is 6.08 Å². The van der Waals surface area contributed by atoms with Crippen molar-refractivity contribution in [2.45, 2.75) is 0 Å². The van der Waals surface area contributed by atoms with E-state index in [1.807, 2.05) is 0 Å². The molecule has 0 saturated carbocycles. The molecule has 0 atom stereocenters. The van der Waals surface area contributed by atoms with Crippen molar-refractivity contribution >= 4 is 34.7 Å². The molecule has 24 heavy (non-hydrogen) atoms. The molecule has 1 heterocycles. The Morgan fingerprint density at radius 2 is 1.79 bits per heavy atom. The van der Waals surface area contributed by atoms with Crippen molar-refractivity contribution in [3.05, 3.63) is 52.9 Å². The van der Waals surface area contributed by atoms with Crippen LogP contribution < -0.4 is 9.64 Å². The summed E-state index contributed by atoms with van der Waals surface area (Å²) in [6, 6.07) is 10.5. The molecule has 122 valence electrons. The molecule has 0 radical (unpaired) electrons. The van der Waals surface area contributed by atoms with Crippen LogP contribution in [-0.4, -0.2) is 28.5 Å². The molecule has 0 aliphatic carbocycles. The molecule has 0 aromatic heterocycles. The molecule has 3 rings (SSSR count). The monoisotopic (exact) mass is 343 g/mol. The molecule has 1 saturated heterocycles. The van der Waals surface area contributed by atoms with E-state index in [9.17, 15) is 19.8 Å². The van der Waals surface area contributed by atoms with E-state index >= 15 is 0 Å². The zero-order valence-corrected chi connectivity index (χ0v) is 13.4. The Bertz CT molecular complexity index is 845. The van der Waals surface area contributed by atoms with Crippen LogP contribution >= 0.6 is 11.8 Å². The number of rotatable bonds is 3. The average molecular weight is 343 g/mol. The van der Waals surface area contributed by atoms with Crippen molar-refractivity contribution in [2.75, 3.05) is 12.0 Å². The minimum atomic E-state index is -0.442. The molecule has 1 aliphatic rings. The van der Waals surface area contributed by atoms with E-state index in [2.05, 4.69) is 0 Å². The van der Waals surface area contributed by atoms with Crippen LogP contribution in [0.5, 0.6) is 17.2 Å². The molecule has 0 spiro atoms. The quantitative estimate of drug-likeness (QED) is 0.831. The maximum absolute atomic E-state index is 12.5. The SMILES string of the molecule is COc1cc(/C=C2/SC(=O)N(c3ccc(O)cc3)C2=O)ccc1O. The number of thioether (sulfide) groups is 1. The molecule has 6 nitrogen and oxygen atoms in total. The molecule has 1 aliphatic heterocycles. The molecule has 1 fully saturated rings. The van der Waals surface area contributed by atoms with E-state index in [1.165, 1.54) is 37.4 Å². The topological polar surface area (TPSA) is 87.1 Å². The van der Waals surface area contributed by atoms with Crippen LogP contribution in [0.4, 0.5) is 10.5 Å². The highest BCUT2D eigenvalue weighted by Gasteiger charge is 2.36. The highest BCUT2D eigenvalue weighted by Crippen LogP contribution is 2.37. The van der Waals surface area contributed by atoms with E-state index in [1.54, 1.807) is 18.2 Å². The van der Waals surface area contributed by atoms with Gasteiger partial charge in [-0.1, -0.05) is 6.07 Å². The van der Waals surface area contributed by atoms with E-state index in [-0.39, 0.29) is 22.2 Å². The van der Waals surface area contributed by atoms with Gasteiger partial charge in [0.2, 0.25) is 0 Å². The number of phenols is 2. The number of benzene rings is 2. The van der Waals surface area contributed by atoms with Crippen LogP contribution in [0.2, 0.25) is 0 Å². The Balaban J connectivity index is 1.92. The van der Waals surface area contributed by atoms with E-state index in [0.717, 1.165) is 16.7 Å². The Labute approximate surface area is 142 Å². The predicted octanol–water partition coefficient (Wildman–Crippen LogP) is 3.35. The number of amides is 2. The first-order valence-electron chi connectivity index (χ1n) is 6.93. The van der Waals surface area contributed by atoms with Crippen molar-refractivity contribution < 1.29 is 24.5 Å². The molecule has 2 aromatic carbocycles. The van der Waals surface area contributed by atoms with Crippen LogP contribution in [0.1, 0.15) is 5.56 Å². The lowest BCUT2D eigenvalue weighted by molar-refractivity contribution is -0.113.